The van der Waals surface area contributed by atoms with E-state index in [9.17, 15) is 19.2 Å². The lowest BCUT2D eigenvalue weighted by molar-refractivity contribution is -0.144. The molecule has 0 fully saturated rings. The van der Waals surface area contributed by atoms with Crippen molar-refractivity contribution in [3.63, 3.8) is 0 Å². The third-order valence-electron chi connectivity index (χ3n) is 2.39. The number of imide groups is 1. The summed E-state index contributed by atoms with van der Waals surface area (Å²) >= 11 is 0. The fourth-order valence-corrected chi connectivity index (χ4v) is 1.45. The van der Waals surface area contributed by atoms with Crippen LogP contribution in [0.3, 0.4) is 0 Å². The van der Waals surface area contributed by atoms with Crippen molar-refractivity contribution in [2.45, 2.75) is 13.3 Å². The van der Waals surface area contributed by atoms with Gasteiger partial charge >= 0.3 is 11.9 Å². The van der Waals surface area contributed by atoms with Gasteiger partial charge in [0, 0.05) is 23.8 Å². The van der Waals surface area contributed by atoms with Crippen LogP contribution >= 0.6 is 0 Å². The molecule has 102 valence electrons. The summed E-state index contributed by atoms with van der Waals surface area (Å²) in [4.78, 5) is 45.2. The molecule has 7 heteroatoms. The second-order valence-electron chi connectivity index (χ2n) is 3.66. The van der Waals surface area contributed by atoms with Crippen LogP contribution in [0.4, 0.5) is 0 Å². The molecule has 1 heterocycles. The molecule has 0 aromatic rings. The van der Waals surface area contributed by atoms with Gasteiger partial charge in [-0.05, 0) is 6.42 Å². The first kappa shape index (κ1) is 14.6. The van der Waals surface area contributed by atoms with Crippen LogP contribution in [0, 0.1) is 0 Å². The highest BCUT2D eigenvalue weighted by Crippen LogP contribution is 2.14. The zero-order chi connectivity index (χ0) is 14.4. The number of carbonyl (C=O) groups is 4. The Morgan fingerprint density at radius 3 is 2.58 bits per heavy atom. The largest absolute Gasteiger partial charge is 0.478 e. The van der Waals surface area contributed by atoms with Crippen LogP contribution in [0.2, 0.25) is 0 Å². The average Bonchev–Trinajstić information content (AvgIpc) is 2.63. The molecule has 19 heavy (non-hydrogen) atoms. The normalized spacial score (nSPS) is 15.0. The fourth-order valence-electron chi connectivity index (χ4n) is 1.45. The molecule has 1 rings (SSSR count). The molecular weight excluding hydrogens is 254 g/mol. The number of nitrogens with zero attached hydrogens (tertiary/aromatic N) is 1. The Balaban J connectivity index is 2.39. The lowest BCUT2D eigenvalue weighted by atomic mass is 10.2. The minimum absolute atomic E-state index is 0.0513. The van der Waals surface area contributed by atoms with Crippen molar-refractivity contribution in [3.8, 4) is 0 Å². The molecule has 1 aliphatic rings. The Labute approximate surface area is 109 Å². The van der Waals surface area contributed by atoms with E-state index in [1.807, 2.05) is 0 Å². The predicted octanol–water partition coefficient (Wildman–Crippen LogP) is -0.124. The monoisotopic (exact) mass is 267 g/mol. The summed E-state index contributed by atoms with van der Waals surface area (Å²) in [7, 11) is 0. The number of amides is 2. The van der Waals surface area contributed by atoms with Crippen molar-refractivity contribution in [2.75, 3.05) is 13.2 Å². The van der Waals surface area contributed by atoms with Crippen LogP contribution < -0.4 is 0 Å². The maximum Gasteiger partial charge on any atom is 0.331 e. The highest BCUT2D eigenvalue weighted by atomic mass is 16.5. The second-order valence-corrected chi connectivity index (χ2v) is 3.66. The van der Waals surface area contributed by atoms with Gasteiger partial charge in [-0.3, -0.25) is 14.5 Å². The van der Waals surface area contributed by atoms with E-state index in [0.29, 0.717) is 18.1 Å². The summed E-state index contributed by atoms with van der Waals surface area (Å²) in [5, 5.41) is 8.29. The van der Waals surface area contributed by atoms with Gasteiger partial charge in [-0.25, -0.2) is 9.59 Å². The topological polar surface area (TPSA) is 101 Å². The molecule has 1 N–H and O–H groups in total. The van der Waals surface area contributed by atoms with Crippen LogP contribution in [0.5, 0.6) is 0 Å². The Kier molecular flexibility index (Phi) is 4.99. The Morgan fingerprint density at radius 1 is 1.37 bits per heavy atom. The molecular formula is C12H13NO6. The molecule has 7 nitrogen and oxygen atoms in total. The van der Waals surface area contributed by atoms with Crippen LogP contribution in [0.15, 0.2) is 23.8 Å². The second kappa shape index (κ2) is 6.48. The first-order valence-corrected chi connectivity index (χ1v) is 5.60. The number of aliphatic carboxylic acids is 1. The first-order chi connectivity index (χ1) is 8.95. The number of carboxylic acid groups (broad SMARTS) is 1. The van der Waals surface area contributed by atoms with Gasteiger partial charge in [-0.15, -0.1) is 0 Å². The van der Waals surface area contributed by atoms with E-state index in [0.717, 1.165) is 11.0 Å². The van der Waals surface area contributed by atoms with Gasteiger partial charge in [0.2, 0.25) is 0 Å². The average molecular weight is 267 g/mol. The molecule has 0 aromatic carbocycles. The summed E-state index contributed by atoms with van der Waals surface area (Å²) < 4.78 is 4.66. The molecule has 0 spiro atoms. The van der Waals surface area contributed by atoms with Gasteiger partial charge in [0.15, 0.2) is 0 Å². The number of ether oxygens (including phenoxy) is 1. The zero-order valence-electron chi connectivity index (χ0n) is 10.3. The van der Waals surface area contributed by atoms with Crippen LogP contribution in [-0.4, -0.2) is 46.9 Å². The standard InChI is InChI=1S/C12H13NO6/c1-2-8-7-9(14)13(12(8)18)5-6-19-11(17)4-3-10(15)16/h3-4,7H,2,5-6H2,1H3,(H,15,16)/b4-3-. The van der Waals surface area contributed by atoms with E-state index in [-0.39, 0.29) is 19.1 Å². The van der Waals surface area contributed by atoms with Crippen molar-refractivity contribution < 1.29 is 29.0 Å². The highest BCUT2D eigenvalue weighted by Gasteiger charge is 2.29. The minimum atomic E-state index is -1.27. The highest BCUT2D eigenvalue weighted by molar-refractivity contribution is 6.16. The molecule has 0 saturated carbocycles. The van der Waals surface area contributed by atoms with Crippen molar-refractivity contribution in [1.82, 2.24) is 4.90 Å². The van der Waals surface area contributed by atoms with E-state index >= 15 is 0 Å². The molecule has 0 aliphatic carbocycles. The maximum absolute atomic E-state index is 11.6. The van der Waals surface area contributed by atoms with Crippen LogP contribution in [0.25, 0.3) is 0 Å². The van der Waals surface area contributed by atoms with Crippen molar-refractivity contribution >= 4 is 23.8 Å². The summed E-state index contributed by atoms with van der Waals surface area (Å²) in [5.74, 6) is -2.92. The van der Waals surface area contributed by atoms with E-state index < -0.39 is 17.8 Å². The third kappa shape index (κ3) is 4.06. The van der Waals surface area contributed by atoms with Crippen LogP contribution in [0.1, 0.15) is 13.3 Å². The van der Waals surface area contributed by atoms with E-state index in [2.05, 4.69) is 4.74 Å². The summed E-state index contributed by atoms with van der Waals surface area (Å²) in [5.41, 5.74) is 0.419. The van der Waals surface area contributed by atoms with Crippen molar-refractivity contribution in [1.29, 1.82) is 0 Å². The van der Waals surface area contributed by atoms with Gasteiger partial charge in [0.25, 0.3) is 11.8 Å². The maximum atomic E-state index is 11.6. The van der Waals surface area contributed by atoms with Gasteiger partial charge in [-0.2, -0.15) is 0 Å². The van der Waals surface area contributed by atoms with Gasteiger partial charge in [-0.1, -0.05) is 6.92 Å². The number of rotatable bonds is 6. The van der Waals surface area contributed by atoms with E-state index in [4.69, 9.17) is 5.11 Å². The SMILES string of the molecule is CCC1=CC(=O)N(CCOC(=O)/C=C\C(=O)O)C1=O. The summed E-state index contributed by atoms with van der Waals surface area (Å²) in [6, 6.07) is 0. The Morgan fingerprint density at radius 2 is 2.05 bits per heavy atom. The Hall–Kier alpha value is -2.44. The molecule has 0 atom stereocenters. The number of hydrogen-bond donors (Lipinski definition) is 1. The van der Waals surface area contributed by atoms with Gasteiger partial charge < -0.3 is 9.84 Å². The molecule has 2 amide bonds. The molecule has 0 aromatic heterocycles. The van der Waals surface area contributed by atoms with Crippen LogP contribution in [-0.2, 0) is 23.9 Å². The van der Waals surface area contributed by atoms with E-state index in [1.54, 1.807) is 6.92 Å². The molecule has 0 unspecified atom stereocenters. The predicted molar refractivity (Wildman–Crippen MR) is 62.8 cm³/mol. The Bertz CT molecular complexity index is 477. The summed E-state index contributed by atoms with van der Waals surface area (Å²) in [6.45, 7) is 1.53. The molecule has 0 radical (unpaired) electrons. The van der Waals surface area contributed by atoms with Gasteiger partial charge in [0.05, 0.1) is 6.54 Å². The minimum Gasteiger partial charge on any atom is -0.478 e. The van der Waals surface area contributed by atoms with E-state index in [1.165, 1.54) is 6.08 Å². The fraction of sp³-hybridized carbons (Fsp3) is 0.333. The third-order valence-corrected chi connectivity index (χ3v) is 2.39. The summed E-state index contributed by atoms with van der Waals surface area (Å²) in [6.07, 6.45) is 3.12. The smallest absolute Gasteiger partial charge is 0.331 e. The molecule has 1 aliphatic heterocycles. The van der Waals surface area contributed by atoms with Gasteiger partial charge in [0.1, 0.15) is 6.61 Å². The van der Waals surface area contributed by atoms with Crippen molar-refractivity contribution in [3.05, 3.63) is 23.8 Å². The molecule has 0 bridgehead atoms. The number of carboxylic acids is 1. The zero-order valence-corrected chi connectivity index (χ0v) is 10.3. The first-order valence-electron chi connectivity index (χ1n) is 5.60. The number of carbonyl (C=O) groups excluding carboxylic acids is 3. The molecule has 0 saturated heterocycles. The number of hydrogen-bond acceptors (Lipinski definition) is 5. The lowest BCUT2D eigenvalue weighted by Crippen LogP contribution is -2.34. The quantitative estimate of drug-likeness (QED) is 0.409. The number of esters is 1. The van der Waals surface area contributed by atoms with Crippen molar-refractivity contribution in [2.24, 2.45) is 0 Å². The lowest BCUT2D eigenvalue weighted by Gasteiger charge is -2.14.